The first-order valence-electron chi connectivity index (χ1n) is 5.40. The van der Waals surface area contributed by atoms with E-state index in [1.54, 1.807) is 0 Å². The van der Waals surface area contributed by atoms with Crippen molar-refractivity contribution in [3.05, 3.63) is 30.3 Å². The fourth-order valence-corrected chi connectivity index (χ4v) is 7.69. The van der Waals surface area contributed by atoms with Gasteiger partial charge in [-0.3, -0.25) is 0 Å². The van der Waals surface area contributed by atoms with Crippen LogP contribution in [0.3, 0.4) is 0 Å². The van der Waals surface area contributed by atoms with Crippen molar-refractivity contribution in [3.63, 3.8) is 0 Å². The number of rotatable bonds is 1. The van der Waals surface area contributed by atoms with E-state index in [9.17, 15) is 0 Å². The molecule has 76 valence electrons. The molecular formula is C12H17ClSi. The molecule has 1 aromatic rings. The second kappa shape index (κ2) is 3.71. The van der Waals surface area contributed by atoms with Gasteiger partial charge < -0.3 is 0 Å². The molecule has 1 heterocycles. The van der Waals surface area contributed by atoms with Gasteiger partial charge in [0, 0.05) is 0 Å². The molecule has 0 radical (unpaired) electrons. The van der Waals surface area contributed by atoms with Gasteiger partial charge in [-0.25, -0.2) is 0 Å². The molecule has 2 rings (SSSR count). The molecule has 1 aliphatic heterocycles. The summed E-state index contributed by atoms with van der Waals surface area (Å²) < 4.78 is 0. The Labute approximate surface area is 92.0 Å². The quantitative estimate of drug-likeness (QED) is 0.505. The Balaban J connectivity index is 2.40. The molecule has 2 atom stereocenters. The number of hydrogen-bond donors (Lipinski definition) is 0. The van der Waals surface area contributed by atoms with Crippen LogP contribution in [-0.2, 0) is 0 Å². The summed E-state index contributed by atoms with van der Waals surface area (Å²) in [6.07, 6.45) is 2.62. The summed E-state index contributed by atoms with van der Waals surface area (Å²) in [6.45, 7) is 4.66. The van der Waals surface area contributed by atoms with Gasteiger partial charge >= 0.3 is 0 Å². The summed E-state index contributed by atoms with van der Waals surface area (Å²) in [5, 5.41) is 1.43. The normalized spacial score (nSPS) is 37.4. The first-order valence-corrected chi connectivity index (χ1v) is 8.56. The molecule has 0 aromatic heterocycles. The molecule has 1 aliphatic rings. The van der Waals surface area contributed by atoms with Crippen LogP contribution in [0.15, 0.2) is 30.3 Å². The zero-order valence-corrected chi connectivity index (χ0v) is 10.6. The van der Waals surface area contributed by atoms with Crippen molar-refractivity contribution in [2.75, 3.05) is 0 Å². The summed E-state index contributed by atoms with van der Waals surface area (Å²) >= 11 is 6.94. The minimum atomic E-state index is -1.70. The van der Waals surface area contributed by atoms with Crippen LogP contribution in [0.25, 0.3) is 0 Å². The maximum absolute atomic E-state index is 6.94. The highest BCUT2D eigenvalue weighted by Gasteiger charge is 2.48. The third kappa shape index (κ3) is 1.43. The fourth-order valence-electron chi connectivity index (χ4n) is 2.67. The SMILES string of the molecule is CC1CCC(C)[Si]1(Cl)c1ccccc1. The number of halogens is 1. The van der Waals surface area contributed by atoms with E-state index in [0.29, 0.717) is 0 Å². The molecule has 1 aromatic carbocycles. The largest absolute Gasteiger partial charge is 0.192 e. The molecular weight excluding hydrogens is 208 g/mol. The van der Waals surface area contributed by atoms with E-state index in [1.807, 2.05) is 0 Å². The molecule has 2 unspecified atom stereocenters. The monoisotopic (exact) mass is 224 g/mol. The Morgan fingerprint density at radius 1 is 1.07 bits per heavy atom. The van der Waals surface area contributed by atoms with Crippen molar-refractivity contribution in [3.8, 4) is 0 Å². The topological polar surface area (TPSA) is 0 Å². The molecule has 0 N–H and O–H groups in total. The maximum Gasteiger partial charge on any atom is 0.192 e. The van der Waals surface area contributed by atoms with Crippen molar-refractivity contribution >= 4 is 23.6 Å². The molecule has 0 spiro atoms. The predicted molar refractivity (Wildman–Crippen MR) is 65.8 cm³/mol. The van der Waals surface area contributed by atoms with Crippen molar-refractivity contribution in [1.82, 2.24) is 0 Å². The average molecular weight is 225 g/mol. The van der Waals surface area contributed by atoms with E-state index in [0.717, 1.165) is 11.1 Å². The number of benzene rings is 1. The standard InChI is InChI=1S/C12H17ClSi/c1-10-8-9-11(2)14(10,13)12-6-4-3-5-7-12/h3-7,10-11H,8-9H2,1-2H3. The summed E-state index contributed by atoms with van der Waals surface area (Å²) in [7, 11) is -1.70. The zero-order chi connectivity index (χ0) is 10.2. The Morgan fingerprint density at radius 2 is 1.57 bits per heavy atom. The van der Waals surface area contributed by atoms with E-state index < -0.39 is 7.38 Å². The van der Waals surface area contributed by atoms with Crippen LogP contribution in [-0.4, -0.2) is 7.38 Å². The van der Waals surface area contributed by atoms with E-state index in [1.165, 1.54) is 18.0 Å². The van der Waals surface area contributed by atoms with Crippen LogP contribution in [0.4, 0.5) is 0 Å². The van der Waals surface area contributed by atoms with Gasteiger partial charge in [-0.2, -0.15) is 11.1 Å². The van der Waals surface area contributed by atoms with E-state index in [4.69, 9.17) is 11.1 Å². The van der Waals surface area contributed by atoms with Gasteiger partial charge in [0.25, 0.3) is 0 Å². The zero-order valence-electron chi connectivity index (χ0n) is 8.83. The Kier molecular flexibility index (Phi) is 2.71. The third-order valence-corrected chi connectivity index (χ3v) is 11.2. The Hall–Kier alpha value is -0.273. The van der Waals surface area contributed by atoms with Gasteiger partial charge in [0.1, 0.15) is 0 Å². The van der Waals surface area contributed by atoms with Crippen LogP contribution >= 0.6 is 11.1 Å². The van der Waals surface area contributed by atoms with Crippen LogP contribution < -0.4 is 5.19 Å². The molecule has 1 saturated heterocycles. The lowest BCUT2D eigenvalue weighted by atomic mass is 10.2. The minimum Gasteiger partial charge on any atom is -0.160 e. The lowest BCUT2D eigenvalue weighted by Gasteiger charge is -2.28. The van der Waals surface area contributed by atoms with Crippen molar-refractivity contribution < 1.29 is 0 Å². The van der Waals surface area contributed by atoms with Gasteiger partial charge in [-0.15, -0.1) is 0 Å². The van der Waals surface area contributed by atoms with Gasteiger partial charge in [0.2, 0.25) is 0 Å². The maximum atomic E-state index is 6.94. The van der Waals surface area contributed by atoms with Crippen molar-refractivity contribution in [2.45, 2.75) is 37.8 Å². The molecule has 0 aliphatic carbocycles. The smallest absolute Gasteiger partial charge is 0.160 e. The van der Waals surface area contributed by atoms with Crippen LogP contribution in [0.1, 0.15) is 26.7 Å². The second-order valence-electron chi connectivity index (χ2n) is 4.51. The van der Waals surface area contributed by atoms with Crippen molar-refractivity contribution in [1.29, 1.82) is 0 Å². The highest BCUT2D eigenvalue weighted by atomic mass is 35.6. The molecule has 0 bridgehead atoms. The summed E-state index contributed by atoms with van der Waals surface area (Å²) in [5.41, 5.74) is 1.45. The van der Waals surface area contributed by atoms with Crippen molar-refractivity contribution in [2.24, 2.45) is 0 Å². The lowest BCUT2D eigenvalue weighted by molar-refractivity contribution is 0.765. The van der Waals surface area contributed by atoms with Gasteiger partial charge in [0.15, 0.2) is 7.38 Å². The fraction of sp³-hybridized carbons (Fsp3) is 0.500. The van der Waals surface area contributed by atoms with E-state index >= 15 is 0 Å². The minimum absolute atomic E-state index is 0.724. The first-order chi connectivity index (χ1) is 6.65. The van der Waals surface area contributed by atoms with Gasteiger partial charge in [0.05, 0.1) is 0 Å². The van der Waals surface area contributed by atoms with Crippen LogP contribution in [0.2, 0.25) is 11.1 Å². The number of hydrogen-bond acceptors (Lipinski definition) is 0. The third-order valence-electron chi connectivity index (χ3n) is 3.68. The Morgan fingerprint density at radius 3 is 2.07 bits per heavy atom. The molecule has 0 saturated carbocycles. The second-order valence-corrected chi connectivity index (χ2v) is 10.5. The first kappa shape index (κ1) is 10.3. The molecule has 1 fully saturated rings. The molecule has 0 amide bonds. The van der Waals surface area contributed by atoms with Gasteiger partial charge in [-0.05, 0) is 16.3 Å². The Bertz CT molecular complexity index is 299. The summed E-state index contributed by atoms with van der Waals surface area (Å²) in [5.74, 6) is 0. The molecule has 2 heteroatoms. The molecule has 0 nitrogen and oxygen atoms in total. The van der Waals surface area contributed by atoms with Crippen LogP contribution in [0.5, 0.6) is 0 Å². The van der Waals surface area contributed by atoms with E-state index in [2.05, 4.69) is 44.2 Å². The summed E-state index contributed by atoms with van der Waals surface area (Å²) in [6, 6.07) is 10.7. The highest BCUT2D eigenvalue weighted by molar-refractivity contribution is 7.29. The predicted octanol–water partition coefficient (Wildman–Crippen LogP) is 3.65. The van der Waals surface area contributed by atoms with E-state index in [-0.39, 0.29) is 0 Å². The highest BCUT2D eigenvalue weighted by Crippen LogP contribution is 2.48. The summed E-state index contributed by atoms with van der Waals surface area (Å²) in [4.78, 5) is 0. The van der Waals surface area contributed by atoms with Crippen LogP contribution in [0, 0.1) is 0 Å². The average Bonchev–Trinajstić information content (AvgIpc) is 2.49. The van der Waals surface area contributed by atoms with Gasteiger partial charge in [-0.1, -0.05) is 57.0 Å². The lowest BCUT2D eigenvalue weighted by Crippen LogP contribution is -2.45. The molecule has 14 heavy (non-hydrogen) atoms.